The lowest BCUT2D eigenvalue weighted by atomic mass is 10.3. The quantitative estimate of drug-likeness (QED) is 0.698. The van der Waals surface area contributed by atoms with Gasteiger partial charge in [0, 0.05) is 12.1 Å². The Morgan fingerprint density at radius 2 is 2.54 bits per heavy atom. The predicted octanol–water partition coefficient (Wildman–Crippen LogP) is 0.0936. The maximum Gasteiger partial charge on any atom is 0.290 e. The Kier molecular flexibility index (Phi) is 3.02. The summed E-state index contributed by atoms with van der Waals surface area (Å²) in [7, 11) is 0. The van der Waals surface area contributed by atoms with E-state index >= 15 is 0 Å². The molecule has 5 nitrogen and oxygen atoms in total. The van der Waals surface area contributed by atoms with E-state index in [4.69, 9.17) is 9.63 Å². The van der Waals surface area contributed by atoms with E-state index in [1.165, 1.54) is 0 Å². The Hall–Kier alpha value is -1.36. The lowest BCUT2D eigenvalue weighted by Gasteiger charge is -2.07. The van der Waals surface area contributed by atoms with Crippen LogP contribution in [-0.4, -0.2) is 28.8 Å². The van der Waals surface area contributed by atoms with Crippen molar-refractivity contribution in [3.05, 3.63) is 17.5 Å². The van der Waals surface area contributed by atoms with Crippen LogP contribution in [0.1, 0.15) is 23.2 Å². The summed E-state index contributed by atoms with van der Waals surface area (Å²) in [6.07, 6.45) is 0. The van der Waals surface area contributed by atoms with Gasteiger partial charge in [-0.1, -0.05) is 5.16 Å². The van der Waals surface area contributed by atoms with E-state index in [2.05, 4.69) is 10.5 Å². The Balaban J connectivity index is 2.58. The highest BCUT2D eigenvalue weighted by atomic mass is 16.5. The second kappa shape index (κ2) is 4.04. The van der Waals surface area contributed by atoms with Crippen LogP contribution in [0.2, 0.25) is 0 Å². The van der Waals surface area contributed by atoms with Crippen LogP contribution in [0.4, 0.5) is 0 Å². The van der Waals surface area contributed by atoms with Gasteiger partial charge in [0.1, 0.15) is 0 Å². The van der Waals surface area contributed by atoms with Crippen LogP contribution in [0.3, 0.4) is 0 Å². The molecule has 13 heavy (non-hydrogen) atoms. The molecule has 0 unspecified atom stereocenters. The van der Waals surface area contributed by atoms with Crippen molar-refractivity contribution in [1.29, 1.82) is 0 Å². The molecule has 0 aliphatic carbocycles. The lowest BCUT2D eigenvalue weighted by molar-refractivity contribution is 0.0885. The first-order valence-corrected chi connectivity index (χ1v) is 3.98. The maximum atomic E-state index is 11.3. The van der Waals surface area contributed by atoms with Crippen molar-refractivity contribution in [3.8, 4) is 0 Å². The van der Waals surface area contributed by atoms with Gasteiger partial charge in [-0.15, -0.1) is 0 Å². The minimum absolute atomic E-state index is 0.0984. The molecule has 1 amide bonds. The Labute approximate surface area is 75.7 Å². The molecule has 1 heterocycles. The smallest absolute Gasteiger partial charge is 0.290 e. The van der Waals surface area contributed by atoms with Crippen LogP contribution in [0.25, 0.3) is 0 Å². The normalized spacial score (nSPS) is 12.5. The fourth-order valence-electron chi connectivity index (χ4n) is 0.811. The van der Waals surface area contributed by atoms with E-state index in [1.807, 2.05) is 0 Å². The summed E-state index contributed by atoms with van der Waals surface area (Å²) in [5, 5.41) is 14.8. The van der Waals surface area contributed by atoms with Crippen molar-refractivity contribution in [1.82, 2.24) is 10.5 Å². The minimum atomic E-state index is -0.359. The zero-order chi connectivity index (χ0) is 9.84. The first-order valence-electron chi connectivity index (χ1n) is 3.98. The average Bonchev–Trinajstić information content (AvgIpc) is 2.51. The Morgan fingerprint density at radius 3 is 3.00 bits per heavy atom. The van der Waals surface area contributed by atoms with Crippen LogP contribution >= 0.6 is 0 Å². The molecule has 0 bridgehead atoms. The topological polar surface area (TPSA) is 75.4 Å². The zero-order valence-electron chi connectivity index (χ0n) is 7.57. The van der Waals surface area contributed by atoms with Gasteiger partial charge in [0.25, 0.3) is 5.91 Å². The van der Waals surface area contributed by atoms with Crippen LogP contribution < -0.4 is 5.32 Å². The molecule has 0 spiro atoms. The van der Waals surface area contributed by atoms with Crippen LogP contribution in [0, 0.1) is 6.92 Å². The van der Waals surface area contributed by atoms with E-state index in [1.54, 1.807) is 19.9 Å². The Morgan fingerprint density at radius 1 is 1.85 bits per heavy atom. The highest BCUT2D eigenvalue weighted by Gasteiger charge is 2.13. The maximum absolute atomic E-state index is 11.3. The number of rotatable bonds is 3. The SMILES string of the molecule is Cc1cc(C(=O)N[C@H](C)CO)on1. The number of carbonyl (C=O) groups excluding carboxylic acids is 1. The fourth-order valence-corrected chi connectivity index (χ4v) is 0.811. The molecule has 0 saturated heterocycles. The van der Waals surface area contributed by atoms with Crippen LogP contribution in [0.5, 0.6) is 0 Å². The van der Waals surface area contributed by atoms with Gasteiger partial charge in [-0.2, -0.15) is 0 Å². The van der Waals surface area contributed by atoms with E-state index in [0.717, 1.165) is 0 Å². The third-order valence-electron chi connectivity index (χ3n) is 1.50. The highest BCUT2D eigenvalue weighted by Crippen LogP contribution is 2.01. The summed E-state index contributed by atoms with van der Waals surface area (Å²) in [6.45, 7) is 3.33. The van der Waals surface area contributed by atoms with Crippen LogP contribution in [-0.2, 0) is 0 Å². The Bertz CT molecular complexity index is 295. The number of nitrogens with zero attached hydrogens (tertiary/aromatic N) is 1. The van der Waals surface area contributed by atoms with Gasteiger partial charge in [0.15, 0.2) is 0 Å². The van der Waals surface area contributed by atoms with Crippen molar-refractivity contribution in [2.45, 2.75) is 19.9 Å². The van der Waals surface area contributed by atoms with Gasteiger partial charge in [0.05, 0.1) is 12.3 Å². The molecule has 1 atom stereocenters. The van der Waals surface area contributed by atoms with E-state index in [-0.39, 0.29) is 24.3 Å². The molecular weight excluding hydrogens is 172 g/mol. The molecule has 1 aromatic rings. The standard InChI is InChI=1S/C8H12N2O3/c1-5-3-7(13-10-5)8(12)9-6(2)4-11/h3,6,11H,4H2,1-2H3,(H,9,12)/t6-/m1/s1. The number of carbonyl (C=O) groups is 1. The number of hydrogen-bond acceptors (Lipinski definition) is 4. The number of nitrogens with one attached hydrogen (secondary N) is 1. The molecule has 1 rings (SSSR count). The lowest BCUT2D eigenvalue weighted by Crippen LogP contribution is -2.34. The zero-order valence-corrected chi connectivity index (χ0v) is 7.57. The summed E-state index contributed by atoms with van der Waals surface area (Å²) in [5.41, 5.74) is 0.654. The van der Waals surface area contributed by atoms with Gasteiger partial charge >= 0.3 is 0 Å². The van der Waals surface area contributed by atoms with Gasteiger partial charge in [-0.25, -0.2) is 0 Å². The van der Waals surface area contributed by atoms with E-state index in [9.17, 15) is 4.79 Å². The van der Waals surface area contributed by atoms with Crippen molar-refractivity contribution in [2.24, 2.45) is 0 Å². The van der Waals surface area contributed by atoms with Gasteiger partial charge in [-0.05, 0) is 13.8 Å². The molecule has 0 saturated carbocycles. The fraction of sp³-hybridized carbons (Fsp3) is 0.500. The van der Waals surface area contributed by atoms with Gasteiger partial charge in [0.2, 0.25) is 5.76 Å². The molecule has 0 aliphatic heterocycles. The third kappa shape index (κ3) is 2.55. The summed E-state index contributed by atoms with van der Waals surface area (Å²) >= 11 is 0. The third-order valence-corrected chi connectivity index (χ3v) is 1.50. The van der Waals surface area contributed by atoms with E-state index in [0.29, 0.717) is 5.69 Å². The largest absolute Gasteiger partial charge is 0.394 e. The summed E-state index contributed by atoms with van der Waals surface area (Å²) in [4.78, 5) is 11.3. The molecule has 0 aromatic carbocycles. The molecule has 1 aromatic heterocycles. The van der Waals surface area contributed by atoms with Crippen molar-refractivity contribution < 1.29 is 14.4 Å². The molecule has 0 fully saturated rings. The van der Waals surface area contributed by atoms with Crippen molar-refractivity contribution in [2.75, 3.05) is 6.61 Å². The molecule has 0 radical (unpaired) electrons. The number of aryl methyl sites for hydroxylation is 1. The first kappa shape index (κ1) is 9.73. The summed E-state index contributed by atoms with van der Waals surface area (Å²) < 4.78 is 4.73. The molecule has 2 N–H and O–H groups in total. The van der Waals surface area contributed by atoms with Crippen molar-refractivity contribution >= 4 is 5.91 Å². The molecule has 72 valence electrons. The molecular formula is C8H12N2O3. The highest BCUT2D eigenvalue weighted by molar-refractivity contribution is 5.91. The van der Waals surface area contributed by atoms with E-state index < -0.39 is 0 Å². The van der Waals surface area contributed by atoms with Gasteiger partial charge < -0.3 is 14.9 Å². The van der Waals surface area contributed by atoms with Crippen LogP contribution in [0.15, 0.2) is 10.6 Å². The second-order valence-corrected chi connectivity index (χ2v) is 2.89. The number of amides is 1. The number of hydrogen-bond donors (Lipinski definition) is 2. The predicted molar refractivity (Wildman–Crippen MR) is 45.3 cm³/mol. The number of aromatic nitrogens is 1. The summed E-state index contributed by atoms with van der Waals surface area (Å²) in [5.74, 6) is -0.194. The monoisotopic (exact) mass is 184 g/mol. The number of aliphatic hydroxyl groups excluding tert-OH is 1. The minimum Gasteiger partial charge on any atom is -0.394 e. The number of aliphatic hydroxyl groups is 1. The average molecular weight is 184 g/mol. The van der Waals surface area contributed by atoms with Gasteiger partial charge in [-0.3, -0.25) is 4.79 Å². The van der Waals surface area contributed by atoms with Crippen molar-refractivity contribution in [3.63, 3.8) is 0 Å². The second-order valence-electron chi connectivity index (χ2n) is 2.89. The first-order chi connectivity index (χ1) is 6.13. The molecule has 5 heteroatoms. The molecule has 0 aliphatic rings. The summed E-state index contributed by atoms with van der Waals surface area (Å²) in [6, 6.07) is 1.26.